The van der Waals surface area contributed by atoms with E-state index in [1.807, 2.05) is 30.3 Å². The van der Waals surface area contributed by atoms with Gasteiger partial charge in [0.1, 0.15) is 0 Å². The summed E-state index contributed by atoms with van der Waals surface area (Å²) in [5.74, 6) is 0.411. The largest absolute Gasteiger partial charge is 0.466 e. The van der Waals surface area contributed by atoms with Gasteiger partial charge in [-0.05, 0) is 0 Å². The van der Waals surface area contributed by atoms with Crippen molar-refractivity contribution < 1.29 is 14.2 Å². The lowest BCUT2D eigenvalue weighted by Crippen LogP contribution is -1.99. The molecule has 1 unspecified atom stereocenters. The van der Waals surface area contributed by atoms with Gasteiger partial charge >= 0.3 is 5.95 Å². The second-order valence-electron chi connectivity index (χ2n) is 2.64. The van der Waals surface area contributed by atoms with Gasteiger partial charge in [-0.25, -0.2) is 0 Å². The molecule has 1 aliphatic heterocycles. The van der Waals surface area contributed by atoms with Crippen LogP contribution in [0.3, 0.4) is 0 Å². The topological polar surface area (TPSA) is 27.7 Å². The predicted octanol–water partition coefficient (Wildman–Crippen LogP) is 2.18. The third-order valence-electron chi connectivity index (χ3n) is 1.78. The van der Waals surface area contributed by atoms with Crippen molar-refractivity contribution in [2.24, 2.45) is 0 Å². The van der Waals surface area contributed by atoms with E-state index in [0.717, 1.165) is 5.56 Å². The second-order valence-corrected chi connectivity index (χ2v) is 2.64. The van der Waals surface area contributed by atoms with Crippen LogP contribution in [0, 0.1) is 0 Å². The molecule has 1 heterocycles. The highest BCUT2D eigenvalue weighted by atomic mass is 16.8. The zero-order valence-electron chi connectivity index (χ0n) is 7.27. The first kappa shape index (κ1) is 7.98. The van der Waals surface area contributed by atoms with Crippen LogP contribution in [0.2, 0.25) is 0 Å². The summed E-state index contributed by atoms with van der Waals surface area (Å²) in [4.78, 5) is 0. The van der Waals surface area contributed by atoms with E-state index < -0.39 is 0 Å². The van der Waals surface area contributed by atoms with Gasteiger partial charge in [-0.1, -0.05) is 30.3 Å². The highest BCUT2D eigenvalue weighted by Gasteiger charge is 2.21. The molecule has 1 atom stereocenters. The van der Waals surface area contributed by atoms with E-state index in [1.165, 1.54) is 6.26 Å². The molecule has 0 bridgehead atoms. The van der Waals surface area contributed by atoms with Crippen molar-refractivity contribution in [2.75, 3.05) is 7.11 Å². The van der Waals surface area contributed by atoms with Crippen LogP contribution in [0.4, 0.5) is 0 Å². The molecule has 1 aromatic rings. The van der Waals surface area contributed by atoms with Crippen LogP contribution >= 0.6 is 0 Å². The molecule has 0 saturated heterocycles. The normalized spacial score (nSPS) is 20.1. The number of ether oxygens (including phenoxy) is 3. The number of benzene rings is 1. The Labute approximate surface area is 76.5 Å². The van der Waals surface area contributed by atoms with Gasteiger partial charge in [-0.15, -0.1) is 0 Å². The highest BCUT2D eigenvalue weighted by Crippen LogP contribution is 2.27. The van der Waals surface area contributed by atoms with E-state index in [2.05, 4.69) is 0 Å². The standard InChI is InChI=1S/C10H10O3/c1-11-9-7-12-10(13-9)8-5-3-2-4-6-8/h2-7,10H,1H3. The molecule has 68 valence electrons. The van der Waals surface area contributed by atoms with Crippen LogP contribution in [0.15, 0.2) is 42.5 Å². The van der Waals surface area contributed by atoms with E-state index in [9.17, 15) is 0 Å². The van der Waals surface area contributed by atoms with E-state index in [0.29, 0.717) is 5.95 Å². The molecule has 1 aliphatic rings. The van der Waals surface area contributed by atoms with E-state index in [-0.39, 0.29) is 6.29 Å². The Morgan fingerprint density at radius 3 is 2.62 bits per heavy atom. The van der Waals surface area contributed by atoms with Gasteiger partial charge in [0.2, 0.25) is 0 Å². The molecule has 3 nitrogen and oxygen atoms in total. The molecular formula is C10H10O3. The first-order valence-corrected chi connectivity index (χ1v) is 4.01. The van der Waals surface area contributed by atoms with Crippen molar-refractivity contribution in [3.63, 3.8) is 0 Å². The van der Waals surface area contributed by atoms with Gasteiger partial charge < -0.3 is 14.2 Å². The van der Waals surface area contributed by atoms with Crippen molar-refractivity contribution in [3.05, 3.63) is 48.1 Å². The van der Waals surface area contributed by atoms with E-state index in [1.54, 1.807) is 7.11 Å². The summed E-state index contributed by atoms with van der Waals surface area (Å²) < 4.78 is 15.4. The van der Waals surface area contributed by atoms with Crippen molar-refractivity contribution in [3.8, 4) is 0 Å². The molecular weight excluding hydrogens is 168 g/mol. The Balaban J connectivity index is 2.07. The summed E-state index contributed by atoms with van der Waals surface area (Å²) in [6.45, 7) is 0. The zero-order chi connectivity index (χ0) is 9.10. The van der Waals surface area contributed by atoms with Crippen LogP contribution in [-0.2, 0) is 14.2 Å². The highest BCUT2D eigenvalue weighted by molar-refractivity contribution is 5.17. The molecule has 0 fully saturated rings. The molecule has 0 spiro atoms. The first-order valence-electron chi connectivity index (χ1n) is 4.01. The summed E-state index contributed by atoms with van der Waals surface area (Å²) in [6, 6.07) is 9.71. The lowest BCUT2D eigenvalue weighted by atomic mass is 10.2. The minimum absolute atomic E-state index is 0.365. The monoisotopic (exact) mass is 178 g/mol. The third-order valence-corrected chi connectivity index (χ3v) is 1.78. The molecule has 0 aliphatic carbocycles. The Bertz CT molecular complexity index is 305. The van der Waals surface area contributed by atoms with Crippen LogP contribution in [0.1, 0.15) is 11.9 Å². The Kier molecular flexibility index (Phi) is 2.08. The SMILES string of the molecule is COC1=COC(c2ccccc2)O1. The Morgan fingerprint density at radius 1 is 1.23 bits per heavy atom. The van der Waals surface area contributed by atoms with E-state index >= 15 is 0 Å². The second kappa shape index (κ2) is 3.39. The third kappa shape index (κ3) is 1.59. The van der Waals surface area contributed by atoms with Gasteiger partial charge in [0, 0.05) is 5.56 Å². The Morgan fingerprint density at radius 2 is 2.00 bits per heavy atom. The van der Waals surface area contributed by atoms with Gasteiger partial charge in [0.25, 0.3) is 6.29 Å². The number of hydrogen-bond acceptors (Lipinski definition) is 3. The average Bonchev–Trinajstić information content (AvgIpc) is 2.67. The molecule has 0 aromatic heterocycles. The maximum atomic E-state index is 5.31. The maximum Gasteiger partial charge on any atom is 0.318 e. The maximum absolute atomic E-state index is 5.31. The summed E-state index contributed by atoms with van der Waals surface area (Å²) in [7, 11) is 1.54. The molecule has 3 heteroatoms. The predicted molar refractivity (Wildman–Crippen MR) is 46.4 cm³/mol. The number of hydrogen-bond donors (Lipinski definition) is 0. The smallest absolute Gasteiger partial charge is 0.318 e. The van der Waals surface area contributed by atoms with Gasteiger partial charge in [0.15, 0.2) is 6.26 Å². The molecule has 0 amide bonds. The van der Waals surface area contributed by atoms with Crippen LogP contribution in [0.5, 0.6) is 0 Å². The molecule has 0 saturated carbocycles. The molecule has 0 radical (unpaired) electrons. The quantitative estimate of drug-likeness (QED) is 0.694. The van der Waals surface area contributed by atoms with Crippen molar-refractivity contribution >= 4 is 0 Å². The summed E-state index contributed by atoms with van der Waals surface area (Å²) in [5.41, 5.74) is 0.978. The fraction of sp³-hybridized carbons (Fsp3) is 0.200. The van der Waals surface area contributed by atoms with Crippen molar-refractivity contribution in [1.29, 1.82) is 0 Å². The summed E-state index contributed by atoms with van der Waals surface area (Å²) >= 11 is 0. The molecule has 1 aromatic carbocycles. The van der Waals surface area contributed by atoms with Crippen LogP contribution in [-0.4, -0.2) is 7.11 Å². The van der Waals surface area contributed by atoms with Crippen molar-refractivity contribution in [2.45, 2.75) is 6.29 Å². The summed E-state index contributed by atoms with van der Waals surface area (Å²) in [6.07, 6.45) is 1.11. The minimum atomic E-state index is -0.365. The van der Waals surface area contributed by atoms with Gasteiger partial charge in [-0.3, -0.25) is 0 Å². The molecule has 0 N–H and O–H groups in total. The van der Waals surface area contributed by atoms with Crippen LogP contribution in [0.25, 0.3) is 0 Å². The fourth-order valence-electron chi connectivity index (χ4n) is 1.13. The average molecular weight is 178 g/mol. The fourth-order valence-corrected chi connectivity index (χ4v) is 1.13. The Hall–Kier alpha value is -1.64. The number of methoxy groups -OCH3 is 1. The zero-order valence-corrected chi connectivity index (χ0v) is 7.27. The first-order chi connectivity index (χ1) is 6.40. The minimum Gasteiger partial charge on any atom is -0.466 e. The molecule has 13 heavy (non-hydrogen) atoms. The van der Waals surface area contributed by atoms with Crippen LogP contribution < -0.4 is 0 Å². The van der Waals surface area contributed by atoms with Crippen molar-refractivity contribution in [1.82, 2.24) is 0 Å². The van der Waals surface area contributed by atoms with Gasteiger partial charge in [-0.2, -0.15) is 0 Å². The molecule has 2 rings (SSSR count). The lowest BCUT2D eigenvalue weighted by Gasteiger charge is -2.10. The summed E-state index contributed by atoms with van der Waals surface area (Å²) in [5, 5.41) is 0. The lowest BCUT2D eigenvalue weighted by molar-refractivity contribution is -0.0670. The van der Waals surface area contributed by atoms with E-state index in [4.69, 9.17) is 14.2 Å². The van der Waals surface area contributed by atoms with Gasteiger partial charge in [0.05, 0.1) is 7.11 Å². The number of rotatable bonds is 2.